The maximum Gasteiger partial charge on any atom is 0.334 e. The van der Waals surface area contributed by atoms with Gasteiger partial charge < -0.3 is 13.8 Å². The lowest BCUT2D eigenvalue weighted by atomic mass is 10.1. The second kappa shape index (κ2) is 10.2. The summed E-state index contributed by atoms with van der Waals surface area (Å²) in [5, 5.41) is 0. The monoisotopic (exact) mass is 390 g/mol. The van der Waals surface area contributed by atoms with E-state index in [1.165, 1.54) is 5.56 Å². The summed E-state index contributed by atoms with van der Waals surface area (Å²) in [4.78, 5) is 0. The number of methoxy groups -OCH3 is 1. The number of hydrogen-bond acceptors (Lipinski definition) is 4. The standard InChI is InChI=1S/C16H24BrO4P/c1-4-20-22(18,21-5-2)12-8-6-7-9-14-13-15(19-3)10-11-16(14)17/h6,8,10-11,13H,4-5,7,9,12H2,1-3H3/b8-6+. The maximum absolute atomic E-state index is 12.3. The first-order valence-electron chi connectivity index (χ1n) is 7.40. The minimum Gasteiger partial charge on any atom is -0.497 e. The fourth-order valence-corrected chi connectivity index (χ4v) is 3.89. The van der Waals surface area contributed by atoms with E-state index in [1.54, 1.807) is 7.11 Å². The number of hydrogen-bond donors (Lipinski definition) is 0. The molecule has 0 unspecified atom stereocenters. The number of ether oxygens (including phenoxy) is 1. The van der Waals surface area contributed by atoms with Crippen LogP contribution >= 0.6 is 23.5 Å². The molecular formula is C16H24BrO4P. The summed E-state index contributed by atoms with van der Waals surface area (Å²) in [5.41, 5.74) is 1.18. The number of halogens is 1. The quantitative estimate of drug-likeness (QED) is 0.406. The molecule has 0 atom stereocenters. The van der Waals surface area contributed by atoms with Gasteiger partial charge in [0.15, 0.2) is 0 Å². The number of rotatable bonds is 10. The highest BCUT2D eigenvalue weighted by atomic mass is 79.9. The first-order valence-corrected chi connectivity index (χ1v) is 9.92. The van der Waals surface area contributed by atoms with Crippen LogP contribution in [0.2, 0.25) is 0 Å². The molecule has 0 aliphatic heterocycles. The Labute approximate surface area is 141 Å². The number of benzene rings is 1. The average Bonchev–Trinajstić information content (AvgIpc) is 2.49. The van der Waals surface area contributed by atoms with Crippen molar-refractivity contribution in [2.24, 2.45) is 0 Å². The van der Waals surface area contributed by atoms with Crippen LogP contribution in [-0.2, 0) is 20.0 Å². The zero-order valence-corrected chi connectivity index (χ0v) is 15.9. The van der Waals surface area contributed by atoms with E-state index >= 15 is 0 Å². The van der Waals surface area contributed by atoms with Crippen LogP contribution in [-0.4, -0.2) is 26.5 Å². The average molecular weight is 391 g/mol. The van der Waals surface area contributed by atoms with Gasteiger partial charge in [-0.3, -0.25) is 4.57 Å². The summed E-state index contributed by atoms with van der Waals surface area (Å²) >= 11 is 3.54. The van der Waals surface area contributed by atoms with Gasteiger partial charge in [0, 0.05) is 4.47 Å². The van der Waals surface area contributed by atoms with E-state index in [0.717, 1.165) is 23.1 Å². The number of allylic oxidation sites excluding steroid dienone is 2. The van der Waals surface area contributed by atoms with Gasteiger partial charge in [0.25, 0.3) is 0 Å². The molecule has 0 saturated heterocycles. The first-order chi connectivity index (χ1) is 10.5. The molecule has 0 N–H and O–H groups in total. The third kappa shape index (κ3) is 6.66. The van der Waals surface area contributed by atoms with E-state index in [1.807, 2.05) is 44.2 Å². The van der Waals surface area contributed by atoms with Crippen molar-refractivity contribution in [3.05, 3.63) is 40.4 Å². The van der Waals surface area contributed by atoms with Gasteiger partial charge in [0.1, 0.15) is 5.75 Å². The Morgan fingerprint density at radius 2 is 1.86 bits per heavy atom. The molecule has 4 nitrogen and oxygen atoms in total. The Bertz CT molecular complexity index is 521. The van der Waals surface area contributed by atoms with Crippen molar-refractivity contribution in [2.75, 3.05) is 26.5 Å². The van der Waals surface area contributed by atoms with Crippen LogP contribution in [0.15, 0.2) is 34.8 Å². The smallest absolute Gasteiger partial charge is 0.334 e. The second-order valence-electron chi connectivity index (χ2n) is 4.60. The highest BCUT2D eigenvalue weighted by molar-refractivity contribution is 9.10. The van der Waals surface area contributed by atoms with Crippen LogP contribution in [0.1, 0.15) is 25.8 Å². The largest absolute Gasteiger partial charge is 0.497 e. The molecule has 1 aromatic rings. The van der Waals surface area contributed by atoms with Crippen molar-refractivity contribution in [3.8, 4) is 5.75 Å². The molecule has 0 aromatic heterocycles. The molecular weight excluding hydrogens is 367 g/mol. The Morgan fingerprint density at radius 3 is 2.45 bits per heavy atom. The first kappa shape index (κ1) is 19.4. The van der Waals surface area contributed by atoms with Crippen LogP contribution in [0.25, 0.3) is 0 Å². The molecule has 0 aliphatic rings. The summed E-state index contributed by atoms with van der Waals surface area (Å²) in [5.74, 6) is 0.847. The van der Waals surface area contributed by atoms with E-state index in [9.17, 15) is 4.57 Å². The molecule has 0 radical (unpaired) electrons. The van der Waals surface area contributed by atoms with Crippen LogP contribution in [0.4, 0.5) is 0 Å². The summed E-state index contributed by atoms with van der Waals surface area (Å²) in [7, 11) is -1.31. The van der Waals surface area contributed by atoms with E-state index in [2.05, 4.69) is 15.9 Å². The lowest BCUT2D eigenvalue weighted by Crippen LogP contribution is -1.98. The SMILES string of the molecule is CCOP(=O)(C/C=C/CCc1cc(OC)ccc1Br)OCC. The lowest BCUT2D eigenvalue weighted by molar-refractivity contribution is 0.222. The van der Waals surface area contributed by atoms with Gasteiger partial charge in [-0.05, 0) is 50.5 Å². The summed E-state index contributed by atoms with van der Waals surface area (Å²) in [6.45, 7) is 4.41. The minimum absolute atomic E-state index is 0.313. The molecule has 0 heterocycles. The normalized spacial score (nSPS) is 12.0. The van der Waals surface area contributed by atoms with Crippen molar-refractivity contribution < 1.29 is 18.3 Å². The van der Waals surface area contributed by atoms with Gasteiger partial charge >= 0.3 is 7.60 Å². The second-order valence-corrected chi connectivity index (χ2v) is 7.55. The maximum atomic E-state index is 12.3. The van der Waals surface area contributed by atoms with Gasteiger partial charge in [-0.15, -0.1) is 0 Å². The third-order valence-electron chi connectivity index (χ3n) is 2.98. The Hall–Kier alpha value is -0.610. The van der Waals surface area contributed by atoms with Crippen molar-refractivity contribution >= 4 is 23.5 Å². The predicted octanol–water partition coefficient (Wildman–Crippen LogP) is 5.21. The van der Waals surface area contributed by atoms with Gasteiger partial charge in [-0.25, -0.2) is 0 Å². The van der Waals surface area contributed by atoms with E-state index in [-0.39, 0.29) is 0 Å². The van der Waals surface area contributed by atoms with Crippen molar-refractivity contribution in [3.63, 3.8) is 0 Å². The predicted molar refractivity (Wildman–Crippen MR) is 93.9 cm³/mol. The van der Waals surface area contributed by atoms with E-state index < -0.39 is 7.60 Å². The topological polar surface area (TPSA) is 44.8 Å². The Balaban J connectivity index is 2.51. The fraction of sp³-hybridized carbons (Fsp3) is 0.500. The van der Waals surface area contributed by atoms with Crippen molar-refractivity contribution in [1.82, 2.24) is 0 Å². The van der Waals surface area contributed by atoms with E-state index in [4.69, 9.17) is 13.8 Å². The molecule has 1 rings (SSSR count). The summed E-state index contributed by atoms with van der Waals surface area (Å²) in [6, 6.07) is 5.92. The zero-order valence-electron chi connectivity index (χ0n) is 13.4. The molecule has 0 fully saturated rings. The van der Waals surface area contributed by atoms with Gasteiger partial charge in [0.05, 0.1) is 26.5 Å². The summed E-state index contributed by atoms with van der Waals surface area (Å²) < 4.78 is 29.0. The fourth-order valence-electron chi connectivity index (χ4n) is 1.97. The highest BCUT2D eigenvalue weighted by Gasteiger charge is 2.20. The number of aryl methyl sites for hydroxylation is 1. The van der Waals surface area contributed by atoms with Crippen LogP contribution in [0.3, 0.4) is 0 Å². The molecule has 0 bridgehead atoms. The zero-order chi connectivity index (χ0) is 16.4. The highest BCUT2D eigenvalue weighted by Crippen LogP contribution is 2.47. The van der Waals surface area contributed by atoms with Crippen LogP contribution in [0.5, 0.6) is 5.75 Å². The van der Waals surface area contributed by atoms with E-state index in [0.29, 0.717) is 19.4 Å². The molecule has 0 spiro atoms. The molecule has 1 aromatic carbocycles. The van der Waals surface area contributed by atoms with Crippen LogP contribution < -0.4 is 4.74 Å². The molecule has 0 aliphatic carbocycles. The van der Waals surface area contributed by atoms with Gasteiger partial charge in [0.2, 0.25) is 0 Å². The molecule has 22 heavy (non-hydrogen) atoms. The van der Waals surface area contributed by atoms with Crippen molar-refractivity contribution in [1.29, 1.82) is 0 Å². The minimum atomic E-state index is -2.97. The Kier molecular flexibility index (Phi) is 9.03. The van der Waals surface area contributed by atoms with Gasteiger partial charge in [-0.1, -0.05) is 28.1 Å². The lowest BCUT2D eigenvalue weighted by Gasteiger charge is -2.14. The molecule has 0 amide bonds. The van der Waals surface area contributed by atoms with Crippen LogP contribution in [0, 0.1) is 0 Å². The summed E-state index contributed by atoms with van der Waals surface area (Å²) in [6.07, 6.45) is 5.93. The molecule has 0 saturated carbocycles. The van der Waals surface area contributed by atoms with Crippen molar-refractivity contribution in [2.45, 2.75) is 26.7 Å². The van der Waals surface area contributed by atoms with Gasteiger partial charge in [-0.2, -0.15) is 0 Å². The Morgan fingerprint density at radius 1 is 1.18 bits per heavy atom. The molecule has 6 heteroatoms. The molecule has 124 valence electrons. The third-order valence-corrected chi connectivity index (χ3v) is 5.72.